The van der Waals surface area contributed by atoms with Crippen LogP contribution >= 0.6 is 38.5 Å². The average molecular weight is 714 g/mol. The minimum absolute atomic E-state index is 0.306. The molecule has 2 aliphatic rings. The highest BCUT2D eigenvalue weighted by Gasteiger charge is 2.44. The van der Waals surface area contributed by atoms with Crippen LogP contribution in [0.25, 0.3) is 0 Å². The molecule has 2 saturated heterocycles. The van der Waals surface area contributed by atoms with Gasteiger partial charge in [0, 0.05) is 79.3 Å². The Morgan fingerprint density at radius 3 is 1.48 bits per heavy atom. The van der Waals surface area contributed by atoms with Crippen LogP contribution in [-0.2, 0) is 18.2 Å². The highest BCUT2D eigenvalue weighted by Crippen LogP contribution is 2.60. The van der Waals surface area contributed by atoms with Crippen LogP contribution in [-0.4, -0.2) is 106 Å². The Kier molecular flexibility index (Phi) is 7.84. The van der Waals surface area contributed by atoms with E-state index in [4.69, 9.17) is 59.7 Å². The third-order valence-electron chi connectivity index (χ3n) is 6.47. The lowest BCUT2D eigenvalue weighted by molar-refractivity contribution is 0.126. The van der Waals surface area contributed by atoms with Gasteiger partial charge in [0.15, 0.2) is 0 Å². The van der Waals surface area contributed by atoms with Crippen molar-refractivity contribution in [2.75, 3.05) is 77.0 Å². The van der Waals surface area contributed by atoms with Crippen LogP contribution in [0.15, 0.2) is 60.7 Å². The van der Waals surface area contributed by atoms with Gasteiger partial charge in [0.05, 0.1) is 37.2 Å². The molecule has 0 radical (unpaired) electrons. The van der Waals surface area contributed by atoms with E-state index in [9.17, 15) is 19.3 Å². The molecule has 0 amide bonds. The van der Waals surface area contributed by atoms with Crippen molar-refractivity contribution in [2.24, 2.45) is 0 Å². The molecule has 2 heterocycles. The Hall–Kier alpha value is -0.840. The van der Waals surface area contributed by atoms with Gasteiger partial charge >= 0.3 is 15.3 Å². The first-order valence-corrected chi connectivity index (χ1v) is 16.9. The van der Waals surface area contributed by atoms with Crippen LogP contribution in [0.2, 0.25) is 0 Å². The Labute approximate surface area is 301 Å². The lowest BCUT2D eigenvalue weighted by atomic mass is 10.1. The largest absolute Gasteiger partial charge is 0.395 e. The van der Waals surface area contributed by atoms with Crippen molar-refractivity contribution in [3.63, 3.8) is 0 Å². The summed E-state index contributed by atoms with van der Waals surface area (Å²) in [5.41, 5.74) is 1.03. The second kappa shape index (κ2) is 19.1. The second-order valence-electron chi connectivity index (χ2n) is 8.94. The number of nitrogens with zero attached hydrogens (tertiary/aromatic N) is 4. The highest BCUT2D eigenvalue weighted by molar-refractivity contribution is 7.54. The van der Waals surface area contributed by atoms with Crippen LogP contribution < -0.4 is 0 Å². The third-order valence-corrected chi connectivity index (χ3v) is 11.2. The molecule has 0 aliphatic carbocycles. The van der Waals surface area contributed by atoms with Gasteiger partial charge in [-0.2, -0.15) is 0 Å². The fourth-order valence-corrected chi connectivity index (χ4v) is 8.55. The lowest BCUT2D eigenvalue weighted by Crippen LogP contribution is -2.40. The van der Waals surface area contributed by atoms with E-state index in [-0.39, 0.29) is 30.6 Å². The van der Waals surface area contributed by atoms with Gasteiger partial charge < -0.3 is 19.3 Å². The van der Waals surface area contributed by atoms with Crippen LogP contribution in [0.5, 0.6) is 0 Å². The van der Waals surface area contributed by atoms with Gasteiger partial charge in [-0.3, -0.25) is 9.13 Å². The van der Waals surface area contributed by atoms with Crippen molar-refractivity contribution in [3.05, 3.63) is 71.8 Å². The number of alkyl halides is 2. The van der Waals surface area contributed by atoms with Gasteiger partial charge in [-0.05, 0) is 37.8 Å². The summed E-state index contributed by atoms with van der Waals surface area (Å²) in [5.74, 6) is -6.82. The van der Waals surface area contributed by atoms with E-state index in [0.29, 0.717) is 11.1 Å². The summed E-state index contributed by atoms with van der Waals surface area (Å²) < 4.78 is 197. The Balaban J connectivity index is 0.000000340. The first-order valence-electron chi connectivity index (χ1n) is 23.1. The fourth-order valence-electron chi connectivity index (χ4n) is 4.36. The lowest BCUT2D eigenvalue weighted by Gasteiger charge is -2.43. The van der Waals surface area contributed by atoms with Gasteiger partial charge in [-0.25, -0.2) is 18.7 Å². The minimum Gasteiger partial charge on any atom is -0.395 e. The summed E-state index contributed by atoms with van der Waals surface area (Å²) in [6.45, 7) is -26.1. The third kappa shape index (κ3) is 9.60. The fraction of sp³-hybridized carbons (Fsp3) is 0.600. The summed E-state index contributed by atoms with van der Waals surface area (Å²) in [5, 5.41) is 19.6. The maximum atomic E-state index is 14.3. The molecule has 4 atom stereocenters. The van der Waals surface area contributed by atoms with Crippen LogP contribution in [0.4, 0.5) is 0 Å². The molecule has 4 rings (SSSR count). The van der Waals surface area contributed by atoms with Crippen molar-refractivity contribution in [2.45, 2.75) is 38.8 Å². The summed E-state index contributed by atoms with van der Waals surface area (Å²) in [6.07, 6.45) is -0.707. The van der Waals surface area contributed by atoms with Gasteiger partial charge in [0.2, 0.25) is 0 Å². The predicted molar refractivity (Wildman–Crippen MR) is 178 cm³/mol. The summed E-state index contributed by atoms with van der Waals surface area (Å²) in [6, 6.07) is 14.7. The zero-order valence-electron chi connectivity index (χ0n) is 43.7. The maximum absolute atomic E-state index is 14.3. The average Bonchev–Trinajstić information content (AvgIpc) is 3.09. The molecular weight excluding hydrogens is 645 g/mol. The van der Waals surface area contributed by atoms with Crippen molar-refractivity contribution >= 4 is 38.5 Å². The molecule has 2 aromatic rings. The SMILES string of the molecule is [2H]C1([2H])CCN(C(C)c2ccccc2)P(=O)(N(C([2H])([2H])C([2H])([2H])Cl)C([2H])([2H])C([2H])([2H])Cl)O1.[2H]C1([2H])CCN(C(C)c2ccccc2)P(=O)(N(C([2H])([2H])C([2H])([2H])O)C([2H])([2H])C([2H])([2H])O)O1. The number of rotatable bonds is 14. The molecule has 0 spiro atoms. The molecule has 4 unspecified atom stereocenters. The topological polar surface area (TPSA) is 106 Å². The van der Waals surface area contributed by atoms with Crippen molar-refractivity contribution in [1.82, 2.24) is 18.7 Å². The Morgan fingerprint density at radius 2 is 1.14 bits per heavy atom. The molecule has 0 saturated carbocycles. The number of benzene rings is 2. The Morgan fingerprint density at radius 1 is 0.773 bits per heavy atom. The highest BCUT2D eigenvalue weighted by atomic mass is 35.5. The van der Waals surface area contributed by atoms with Gasteiger partial charge in [-0.1, -0.05) is 60.7 Å². The van der Waals surface area contributed by atoms with Crippen LogP contribution in [0.3, 0.4) is 0 Å². The monoisotopic (exact) mass is 712 g/mol. The normalized spacial score (nSPS) is 36.2. The van der Waals surface area contributed by atoms with E-state index in [1.807, 2.05) is 0 Å². The molecule has 44 heavy (non-hydrogen) atoms. The standard InChI is InChI=1S/C15H23Cl2N2O2P.C15H25N2O4P/c1-14(15-6-3-2-4-7-15)19-10-5-13-21-22(19,20)18(11-8-16)12-9-17;1-14(15-6-3-2-4-7-15)17-8-5-13-21-22(17,20)16(9-11-18)10-12-19/h2-4,6-7,14H,5,8-13H2,1H3;2-4,6-7,14,18-19H,5,8-13H2,1H3/i8D2,9D2,11D2,12D2,13D2;9D2,10D2,11D2,12D2,13D2. The van der Waals surface area contributed by atoms with Crippen molar-refractivity contribution < 1.29 is 55.8 Å². The minimum atomic E-state index is -5.37. The molecule has 0 aromatic heterocycles. The molecule has 2 aromatic carbocycles. The van der Waals surface area contributed by atoms with Gasteiger partial charge in [0.1, 0.15) is 0 Å². The zero-order valence-corrected chi connectivity index (χ0v) is 27.0. The van der Waals surface area contributed by atoms with Crippen molar-refractivity contribution in [1.29, 1.82) is 0 Å². The molecule has 10 nitrogen and oxygen atoms in total. The van der Waals surface area contributed by atoms with Gasteiger partial charge in [0.25, 0.3) is 0 Å². The van der Waals surface area contributed by atoms with E-state index in [2.05, 4.69) is 0 Å². The second-order valence-corrected chi connectivity index (χ2v) is 13.5. The van der Waals surface area contributed by atoms with E-state index in [0.717, 1.165) is 9.34 Å². The summed E-state index contributed by atoms with van der Waals surface area (Å²) in [4.78, 5) is 0. The quantitative estimate of drug-likeness (QED) is 0.173. The zero-order chi connectivity index (χ0) is 49.9. The van der Waals surface area contributed by atoms with Crippen LogP contribution in [0.1, 0.15) is 77.3 Å². The van der Waals surface area contributed by atoms with Crippen molar-refractivity contribution in [3.8, 4) is 0 Å². The number of aliphatic hydroxyl groups is 2. The smallest absolute Gasteiger partial charge is 0.346 e. The molecule has 2 fully saturated rings. The van der Waals surface area contributed by atoms with Gasteiger partial charge in [-0.15, -0.1) is 23.2 Å². The number of hydrogen-bond donors (Lipinski definition) is 2. The molecule has 2 N–H and O–H groups in total. The maximum Gasteiger partial charge on any atom is 0.346 e. The number of halogens is 2. The summed E-state index contributed by atoms with van der Waals surface area (Å²) in [7, 11) is -10.6. The molecule has 14 heteroatoms. The molecular formula is C30H48Cl2N4O6P2. The molecule has 0 bridgehead atoms. The van der Waals surface area contributed by atoms with E-state index >= 15 is 0 Å². The van der Waals surface area contributed by atoms with E-state index in [1.54, 1.807) is 67.6 Å². The van der Waals surface area contributed by atoms with E-state index in [1.165, 1.54) is 6.92 Å². The predicted octanol–water partition coefficient (Wildman–Crippen LogP) is 6.22. The molecule has 2 aliphatic heterocycles. The molecule has 248 valence electrons. The Bertz CT molecular complexity index is 1820. The van der Waals surface area contributed by atoms with E-state index < -0.39 is 96.0 Å². The first kappa shape index (κ1) is 18.1. The number of hydrogen-bond acceptors (Lipinski definition) is 6. The summed E-state index contributed by atoms with van der Waals surface area (Å²) >= 11 is 11.1. The first-order chi connectivity index (χ1) is 28.4. The van der Waals surface area contributed by atoms with Crippen LogP contribution in [0, 0.1) is 0 Å².